The van der Waals surface area contributed by atoms with Crippen molar-refractivity contribution < 1.29 is 27.9 Å². The van der Waals surface area contributed by atoms with Crippen molar-refractivity contribution in [3.8, 4) is 17.2 Å². The molecule has 39 heavy (non-hydrogen) atoms. The second-order valence-electron chi connectivity index (χ2n) is 10.6. The molecule has 3 aromatic carbocycles. The van der Waals surface area contributed by atoms with Crippen molar-refractivity contribution in [2.24, 2.45) is 0 Å². The number of benzene rings is 3. The Bertz CT molecular complexity index is 1230. The number of ether oxygens (including phenoxy) is 4. The average Bonchev–Trinajstić information content (AvgIpc) is 3.09. The van der Waals surface area contributed by atoms with Crippen molar-refractivity contribution in [3.63, 3.8) is 0 Å². The Labute approximate surface area is 234 Å². The molecule has 3 aromatic rings. The minimum absolute atomic E-state index is 0.196. The molecule has 0 amide bonds. The second kappa shape index (κ2) is 11.9. The molecule has 1 aliphatic rings. The highest BCUT2D eigenvalue weighted by Gasteiger charge is 2.44. The number of esters is 1. The van der Waals surface area contributed by atoms with Gasteiger partial charge in [-0.25, -0.2) is 0 Å². The summed E-state index contributed by atoms with van der Waals surface area (Å²) >= 11 is 0. The Balaban J connectivity index is 1.85. The first-order chi connectivity index (χ1) is 18.7. The Kier molecular flexibility index (Phi) is 8.82. The standard InChI is InChI=1S/C32H40O6S/c1-22(33)37-28-20-23(18-19-26-27(28)21-29(34-5)31(36-7)30(26)35-6)38-39(32(2,3)4,24-14-10-8-11-15-24)25-16-12-9-13-17-25/h8-17,21,23,28H,18-20H2,1-7H3. The van der Waals surface area contributed by atoms with Crippen LogP contribution in [-0.2, 0) is 20.1 Å². The Morgan fingerprint density at radius 3 is 1.87 bits per heavy atom. The van der Waals surface area contributed by atoms with Crippen molar-refractivity contribution in [1.82, 2.24) is 0 Å². The third kappa shape index (κ3) is 5.61. The van der Waals surface area contributed by atoms with Crippen molar-refractivity contribution in [2.45, 2.75) is 73.7 Å². The number of fused-ring (bicyclic) bond motifs is 1. The van der Waals surface area contributed by atoms with E-state index in [9.17, 15) is 4.79 Å². The maximum atomic E-state index is 12.3. The quantitative estimate of drug-likeness (QED) is 0.211. The van der Waals surface area contributed by atoms with E-state index in [4.69, 9.17) is 23.1 Å². The minimum atomic E-state index is -1.99. The van der Waals surface area contributed by atoms with E-state index in [1.807, 2.05) is 18.2 Å². The molecule has 6 nitrogen and oxygen atoms in total. The van der Waals surface area contributed by atoms with Gasteiger partial charge in [-0.15, -0.1) is 0 Å². The van der Waals surface area contributed by atoms with Gasteiger partial charge in [-0.2, -0.15) is 0 Å². The van der Waals surface area contributed by atoms with Gasteiger partial charge in [0.25, 0.3) is 0 Å². The van der Waals surface area contributed by atoms with Crippen LogP contribution in [0.25, 0.3) is 0 Å². The minimum Gasteiger partial charge on any atom is -0.493 e. The molecule has 0 saturated carbocycles. The van der Waals surface area contributed by atoms with Crippen LogP contribution >= 0.6 is 10.3 Å². The summed E-state index contributed by atoms with van der Waals surface area (Å²) in [5, 5.41) is 0. The van der Waals surface area contributed by atoms with E-state index >= 15 is 0 Å². The number of carbonyl (C=O) groups excluding carboxylic acids is 1. The van der Waals surface area contributed by atoms with E-state index in [2.05, 4.69) is 69.3 Å². The second-order valence-corrected chi connectivity index (χ2v) is 14.1. The van der Waals surface area contributed by atoms with Crippen LogP contribution in [0, 0.1) is 0 Å². The Morgan fingerprint density at radius 2 is 1.41 bits per heavy atom. The first-order valence-electron chi connectivity index (χ1n) is 13.3. The molecule has 0 spiro atoms. The first kappa shape index (κ1) is 28.8. The van der Waals surface area contributed by atoms with Gasteiger partial charge in [0.05, 0.1) is 27.4 Å². The summed E-state index contributed by atoms with van der Waals surface area (Å²) in [6.07, 6.45) is 1.18. The molecule has 0 bridgehead atoms. The van der Waals surface area contributed by atoms with Crippen molar-refractivity contribution >= 4 is 16.3 Å². The maximum absolute atomic E-state index is 12.3. The first-order valence-corrected chi connectivity index (χ1v) is 14.8. The highest BCUT2D eigenvalue weighted by atomic mass is 32.3. The SMILES string of the molecule is COc1cc2c(c(OC)c1OC)CCC(OS(c1ccccc1)(c1ccccc1)C(C)(C)C)CC2OC(C)=O. The summed E-state index contributed by atoms with van der Waals surface area (Å²) in [5.74, 6) is 1.32. The zero-order valence-corrected chi connectivity index (χ0v) is 24.8. The lowest BCUT2D eigenvalue weighted by atomic mass is 9.98. The topological polar surface area (TPSA) is 63.2 Å². The summed E-state index contributed by atoms with van der Waals surface area (Å²) < 4.78 is 30.3. The summed E-state index contributed by atoms with van der Waals surface area (Å²) in [6, 6.07) is 22.9. The Morgan fingerprint density at radius 1 is 0.846 bits per heavy atom. The van der Waals surface area contributed by atoms with Crippen LogP contribution < -0.4 is 14.2 Å². The molecule has 210 valence electrons. The highest BCUT2D eigenvalue weighted by molar-refractivity contribution is 8.31. The molecular weight excluding hydrogens is 512 g/mol. The van der Waals surface area contributed by atoms with Crippen LogP contribution in [0.3, 0.4) is 0 Å². The molecule has 0 heterocycles. The van der Waals surface area contributed by atoms with Gasteiger partial charge in [0.15, 0.2) is 11.5 Å². The van der Waals surface area contributed by atoms with Crippen LogP contribution in [-0.4, -0.2) is 38.1 Å². The molecule has 2 unspecified atom stereocenters. The van der Waals surface area contributed by atoms with Crippen LogP contribution in [0.1, 0.15) is 57.8 Å². The lowest BCUT2D eigenvalue weighted by Gasteiger charge is -2.52. The molecule has 4 rings (SSSR count). The van der Waals surface area contributed by atoms with Crippen LogP contribution in [0.2, 0.25) is 0 Å². The summed E-state index contributed by atoms with van der Waals surface area (Å²) in [6.45, 7) is 8.18. The Hall–Kier alpha value is -3.16. The van der Waals surface area contributed by atoms with Crippen molar-refractivity contribution in [2.75, 3.05) is 21.3 Å². The number of hydrogen-bond acceptors (Lipinski definition) is 6. The fraction of sp³-hybridized carbons (Fsp3) is 0.406. The predicted molar refractivity (Wildman–Crippen MR) is 155 cm³/mol. The van der Waals surface area contributed by atoms with Gasteiger partial charge in [-0.1, -0.05) is 46.7 Å². The third-order valence-electron chi connectivity index (χ3n) is 7.11. The fourth-order valence-electron chi connectivity index (χ4n) is 5.50. The van der Waals surface area contributed by atoms with Gasteiger partial charge in [0, 0.05) is 39.0 Å². The lowest BCUT2D eigenvalue weighted by Crippen LogP contribution is -2.32. The highest BCUT2D eigenvalue weighted by Crippen LogP contribution is 2.72. The molecule has 0 fully saturated rings. The third-order valence-corrected chi connectivity index (χ3v) is 11.3. The summed E-state index contributed by atoms with van der Waals surface area (Å²) in [4.78, 5) is 14.6. The molecule has 0 aromatic heterocycles. The lowest BCUT2D eigenvalue weighted by molar-refractivity contribution is -0.147. The molecule has 2 atom stereocenters. The van der Waals surface area contributed by atoms with E-state index in [0.717, 1.165) is 27.3 Å². The van der Waals surface area contributed by atoms with E-state index in [0.29, 0.717) is 30.1 Å². The summed E-state index contributed by atoms with van der Waals surface area (Å²) in [7, 11) is 2.82. The predicted octanol–water partition coefficient (Wildman–Crippen LogP) is 7.67. The molecule has 1 aliphatic carbocycles. The number of methoxy groups -OCH3 is 3. The zero-order valence-electron chi connectivity index (χ0n) is 24.0. The maximum Gasteiger partial charge on any atom is 0.303 e. The van der Waals surface area contributed by atoms with Crippen LogP contribution in [0.4, 0.5) is 0 Å². The van der Waals surface area contributed by atoms with Crippen molar-refractivity contribution in [3.05, 3.63) is 77.9 Å². The normalized spacial score (nSPS) is 17.9. The number of rotatable bonds is 8. The fourth-order valence-corrected chi connectivity index (χ4v) is 9.36. The number of hydrogen-bond donors (Lipinski definition) is 0. The van der Waals surface area contributed by atoms with Gasteiger partial charge >= 0.3 is 5.97 Å². The molecular formula is C32H40O6S. The zero-order chi connectivity index (χ0) is 28.2. The van der Waals surface area contributed by atoms with Gasteiger partial charge in [0.1, 0.15) is 6.10 Å². The van der Waals surface area contributed by atoms with E-state index in [1.165, 1.54) is 6.92 Å². The largest absolute Gasteiger partial charge is 0.493 e. The van der Waals surface area contributed by atoms with E-state index in [1.54, 1.807) is 21.3 Å². The van der Waals surface area contributed by atoms with Gasteiger partial charge in [-0.3, -0.25) is 4.79 Å². The smallest absolute Gasteiger partial charge is 0.303 e. The van der Waals surface area contributed by atoms with Crippen LogP contribution in [0.5, 0.6) is 17.2 Å². The molecule has 7 heteroatoms. The van der Waals surface area contributed by atoms with Gasteiger partial charge < -0.3 is 23.1 Å². The van der Waals surface area contributed by atoms with Gasteiger partial charge in [-0.05, 0) is 63.9 Å². The molecule has 0 radical (unpaired) electrons. The van der Waals surface area contributed by atoms with Crippen molar-refractivity contribution in [1.29, 1.82) is 0 Å². The summed E-state index contributed by atoms with van der Waals surface area (Å²) in [5.41, 5.74) is 1.81. The molecule has 0 aliphatic heterocycles. The number of carbonyl (C=O) groups is 1. The molecule has 0 N–H and O–H groups in total. The van der Waals surface area contributed by atoms with E-state index < -0.39 is 16.4 Å². The average molecular weight is 553 g/mol. The van der Waals surface area contributed by atoms with Gasteiger partial charge in [0.2, 0.25) is 5.75 Å². The van der Waals surface area contributed by atoms with Crippen LogP contribution in [0.15, 0.2) is 76.5 Å². The molecule has 0 saturated heterocycles. The van der Waals surface area contributed by atoms with E-state index in [-0.39, 0.29) is 16.8 Å². The monoisotopic (exact) mass is 552 g/mol.